The van der Waals surface area contributed by atoms with E-state index in [0.717, 1.165) is 0 Å². The van der Waals surface area contributed by atoms with Gasteiger partial charge in [-0.05, 0) is 46.9 Å². The fraction of sp³-hybridized carbons (Fsp3) is 0.538. The molecule has 2 rings (SSSR count). The molecule has 1 heterocycles. The van der Waals surface area contributed by atoms with Gasteiger partial charge < -0.3 is 10.4 Å². The summed E-state index contributed by atoms with van der Waals surface area (Å²) in [5.41, 5.74) is -1.09. The van der Waals surface area contributed by atoms with Gasteiger partial charge in [-0.15, -0.1) is 0 Å². The number of piperidine rings is 1. The molecule has 0 amide bonds. The molecule has 1 aliphatic heterocycles. The summed E-state index contributed by atoms with van der Waals surface area (Å²) in [5, 5.41) is 13.7. The molecule has 2 unspecified atom stereocenters. The average Bonchev–Trinajstić information content (AvgIpc) is 2.34. The van der Waals surface area contributed by atoms with Crippen LogP contribution in [0.5, 0.6) is 0 Å². The highest BCUT2D eigenvalue weighted by Crippen LogP contribution is 2.32. The van der Waals surface area contributed by atoms with E-state index in [1.807, 2.05) is 6.92 Å². The molecular formula is C13H16BrF2NO. The van der Waals surface area contributed by atoms with Crippen molar-refractivity contribution >= 4 is 15.9 Å². The van der Waals surface area contributed by atoms with Crippen molar-refractivity contribution in [3.8, 4) is 0 Å². The largest absolute Gasteiger partial charge is 0.389 e. The Morgan fingerprint density at radius 2 is 2.22 bits per heavy atom. The second-order valence-corrected chi connectivity index (χ2v) is 5.81. The van der Waals surface area contributed by atoms with Gasteiger partial charge in [0.25, 0.3) is 0 Å². The summed E-state index contributed by atoms with van der Waals surface area (Å²) in [7, 11) is 0. The van der Waals surface area contributed by atoms with E-state index in [1.54, 1.807) is 0 Å². The van der Waals surface area contributed by atoms with Crippen molar-refractivity contribution in [3.63, 3.8) is 0 Å². The van der Waals surface area contributed by atoms with Crippen LogP contribution in [0.4, 0.5) is 8.78 Å². The van der Waals surface area contributed by atoms with Crippen LogP contribution < -0.4 is 5.32 Å². The standard InChI is InChI=1S/C13H16BrF2NO/c1-8-7-17-5-4-13(8,18)6-9-11(15)3-2-10(14)12(9)16/h2-3,8,17-18H,4-7H2,1H3. The first-order valence-corrected chi connectivity index (χ1v) is 6.79. The fourth-order valence-electron chi connectivity index (χ4n) is 2.36. The molecule has 0 radical (unpaired) electrons. The quantitative estimate of drug-likeness (QED) is 0.821. The molecule has 0 bridgehead atoms. The van der Waals surface area contributed by atoms with Gasteiger partial charge in [-0.1, -0.05) is 6.92 Å². The minimum atomic E-state index is -1.05. The molecule has 2 atom stereocenters. The molecule has 1 saturated heterocycles. The Morgan fingerprint density at radius 1 is 1.50 bits per heavy atom. The summed E-state index contributed by atoms with van der Waals surface area (Å²) in [5.74, 6) is -1.26. The zero-order chi connectivity index (χ0) is 13.3. The summed E-state index contributed by atoms with van der Waals surface area (Å²) in [6.07, 6.45) is 0.506. The van der Waals surface area contributed by atoms with Gasteiger partial charge in [-0.2, -0.15) is 0 Å². The minimum absolute atomic E-state index is 0.00690. The highest BCUT2D eigenvalue weighted by Gasteiger charge is 2.37. The van der Waals surface area contributed by atoms with E-state index < -0.39 is 17.2 Å². The molecule has 2 nitrogen and oxygen atoms in total. The average molecular weight is 320 g/mol. The normalized spacial score (nSPS) is 28.4. The van der Waals surface area contributed by atoms with Crippen molar-refractivity contribution in [3.05, 3.63) is 33.8 Å². The summed E-state index contributed by atoms with van der Waals surface area (Å²) in [6, 6.07) is 2.56. The molecule has 0 saturated carbocycles. The van der Waals surface area contributed by atoms with Gasteiger partial charge in [0, 0.05) is 18.5 Å². The Morgan fingerprint density at radius 3 is 2.89 bits per heavy atom. The third-order valence-electron chi connectivity index (χ3n) is 3.72. The van der Waals surface area contributed by atoms with Crippen molar-refractivity contribution in [2.24, 2.45) is 5.92 Å². The predicted octanol–water partition coefficient (Wildman–Crippen LogP) is 2.63. The number of rotatable bonds is 2. The van der Waals surface area contributed by atoms with E-state index in [0.29, 0.717) is 19.5 Å². The fourth-order valence-corrected chi connectivity index (χ4v) is 2.73. The topological polar surface area (TPSA) is 32.3 Å². The predicted molar refractivity (Wildman–Crippen MR) is 69.4 cm³/mol. The molecule has 2 N–H and O–H groups in total. The number of hydrogen-bond donors (Lipinski definition) is 2. The molecule has 1 aromatic carbocycles. The van der Waals surface area contributed by atoms with Gasteiger partial charge in [0.15, 0.2) is 0 Å². The van der Waals surface area contributed by atoms with Crippen molar-refractivity contribution in [1.82, 2.24) is 5.32 Å². The first-order chi connectivity index (χ1) is 8.44. The van der Waals surface area contributed by atoms with E-state index >= 15 is 0 Å². The molecule has 1 aromatic rings. The number of hydrogen-bond acceptors (Lipinski definition) is 2. The lowest BCUT2D eigenvalue weighted by Crippen LogP contribution is -2.50. The lowest BCUT2D eigenvalue weighted by Gasteiger charge is -2.38. The van der Waals surface area contributed by atoms with Crippen LogP contribution in [0, 0.1) is 17.6 Å². The second-order valence-electron chi connectivity index (χ2n) is 4.96. The Labute approximate surface area is 114 Å². The monoisotopic (exact) mass is 319 g/mol. The van der Waals surface area contributed by atoms with Gasteiger partial charge in [0.2, 0.25) is 0 Å². The highest BCUT2D eigenvalue weighted by molar-refractivity contribution is 9.10. The van der Waals surface area contributed by atoms with E-state index in [-0.39, 0.29) is 22.4 Å². The third kappa shape index (κ3) is 2.58. The Bertz CT molecular complexity index is 455. The van der Waals surface area contributed by atoms with Gasteiger partial charge in [0.1, 0.15) is 11.6 Å². The number of nitrogens with one attached hydrogen (secondary N) is 1. The van der Waals surface area contributed by atoms with Crippen molar-refractivity contribution in [1.29, 1.82) is 0 Å². The molecule has 5 heteroatoms. The molecule has 0 aliphatic carbocycles. The van der Waals surface area contributed by atoms with Crippen LogP contribution in [0.15, 0.2) is 16.6 Å². The van der Waals surface area contributed by atoms with Crippen LogP contribution in [0.2, 0.25) is 0 Å². The Balaban J connectivity index is 2.31. The van der Waals surface area contributed by atoms with Crippen molar-refractivity contribution < 1.29 is 13.9 Å². The van der Waals surface area contributed by atoms with E-state index in [9.17, 15) is 13.9 Å². The lowest BCUT2D eigenvalue weighted by molar-refractivity contribution is -0.0342. The zero-order valence-corrected chi connectivity index (χ0v) is 11.7. The molecule has 0 aromatic heterocycles. The van der Waals surface area contributed by atoms with E-state index in [4.69, 9.17) is 0 Å². The maximum atomic E-state index is 13.9. The summed E-state index contributed by atoms with van der Waals surface area (Å²) in [6.45, 7) is 3.21. The SMILES string of the molecule is CC1CNCCC1(O)Cc1c(F)ccc(Br)c1F. The number of halogens is 3. The summed E-state index contributed by atoms with van der Waals surface area (Å²) in [4.78, 5) is 0. The third-order valence-corrected chi connectivity index (χ3v) is 4.34. The van der Waals surface area contributed by atoms with Crippen LogP contribution >= 0.6 is 15.9 Å². The first kappa shape index (κ1) is 13.9. The molecule has 1 aliphatic rings. The molecular weight excluding hydrogens is 304 g/mol. The van der Waals surface area contributed by atoms with Crippen LogP contribution in [-0.4, -0.2) is 23.8 Å². The Kier molecular flexibility index (Phi) is 4.04. The molecule has 18 heavy (non-hydrogen) atoms. The Hall–Kier alpha value is -0.520. The minimum Gasteiger partial charge on any atom is -0.389 e. The summed E-state index contributed by atoms with van der Waals surface area (Å²) < 4.78 is 27.8. The van der Waals surface area contributed by atoms with Crippen LogP contribution in [0.3, 0.4) is 0 Å². The highest BCUT2D eigenvalue weighted by atomic mass is 79.9. The van der Waals surface area contributed by atoms with Crippen LogP contribution in [0.25, 0.3) is 0 Å². The van der Waals surface area contributed by atoms with E-state index in [1.165, 1.54) is 12.1 Å². The van der Waals surface area contributed by atoms with Crippen molar-refractivity contribution in [2.75, 3.05) is 13.1 Å². The van der Waals surface area contributed by atoms with Gasteiger partial charge in [-0.25, -0.2) is 8.78 Å². The molecule has 0 spiro atoms. The van der Waals surface area contributed by atoms with Crippen LogP contribution in [-0.2, 0) is 6.42 Å². The zero-order valence-electron chi connectivity index (χ0n) is 10.1. The number of aliphatic hydroxyl groups is 1. The molecule has 1 fully saturated rings. The van der Waals surface area contributed by atoms with Gasteiger partial charge in [-0.3, -0.25) is 0 Å². The molecule has 100 valence electrons. The van der Waals surface area contributed by atoms with Crippen LogP contribution in [0.1, 0.15) is 18.9 Å². The van der Waals surface area contributed by atoms with Crippen molar-refractivity contribution in [2.45, 2.75) is 25.4 Å². The van der Waals surface area contributed by atoms with E-state index in [2.05, 4.69) is 21.2 Å². The number of benzene rings is 1. The maximum absolute atomic E-state index is 13.9. The second kappa shape index (κ2) is 5.23. The van der Waals surface area contributed by atoms with Gasteiger partial charge in [0.05, 0.1) is 10.1 Å². The smallest absolute Gasteiger partial charge is 0.143 e. The first-order valence-electron chi connectivity index (χ1n) is 5.99. The van der Waals surface area contributed by atoms with Gasteiger partial charge >= 0.3 is 0 Å². The maximum Gasteiger partial charge on any atom is 0.143 e. The lowest BCUT2D eigenvalue weighted by atomic mass is 9.78. The summed E-state index contributed by atoms with van der Waals surface area (Å²) >= 11 is 3.04.